The normalized spacial score (nSPS) is 10.1. The summed E-state index contributed by atoms with van der Waals surface area (Å²) in [5.74, 6) is -1.02. The number of ether oxygens (including phenoxy) is 2. The molecule has 2 aromatic rings. The zero-order valence-corrected chi connectivity index (χ0v) is 14.9. The number of hydrogen-bond acceptors (Lipinski definition) is 7. The van der Waals surface area contributed by atoms with Crippen molar-refractivity contribution in [2.75, 3.05) is 25.3 Å². The van der Waals surface area contributed by atoms with Crippen molar-refractivity contribution in [1.82, 2.24) is 0 Å². The van der Waals surface area contributed by atoms with Gasteiger partial charge in [-0.1, -0.05) is 12.1 Å². The van der Waals surface area contributed by atoms with E-state index in [1.165, 1.54) is 37.1 Å². The van der Waals surface area contributed by atoms with Gasteiger partial charge < -0.3 is 14.8 Å². The van der Waals surface area contributed by atoms with Crippen LogP contribution >= 0.6 is 11.8 Å². The maximum absolute atomic E-state index is 12.1. The minimum atomic E-state index is -0.640. The van der Waals surface area contributed by atoms with Crippen molar-refractivity contribution < 1.29 is 24.0 Å². The summed E-state index contributed by atoms with van der Waals surface area (Å²) >= 11 is 1.39. The first-order valence-electron chi connectivity index (χ1n) is 7.38. The summed E-state index contributed by atoms with van der Waals surface area (Å²) in [7, 11) is 1.37. The maximum Gasteiger partial charge on any atom is 0.339 e. The van der Waals surface area contributed by atoms with Crippen molar-refractivity contribution in [2.24, 2.45) is 0 Å². The Morgan fingerprint density at radius 3 is 2.62 bits per heavy atom. The molecule has 0 spiro atoms. The standard InChI is InChI=1S/C17H16N2O6S/c1-24-14-8-7-11(19(22)23)9-13(14)18-16(20)10-25-17(21)12-5-3-4-6-15(12)26-2/h3-9H,10H2,1-2H3,(H,18,20). The lowest BCUT2D eigenvalue weighted by Gasteiger charge is -2.11. The van der Waals surface area contributed by atoms with Crippen LogP contribution in [0.1, 0.15) is 10.4 Å². The molecular weight excluding hydrogens is 360 g/mol. The Kier molecular flexibility index (Phi) is 6.56. The second-order valence-electron chi connectivity index (χ2n) is 4.97. The largest absolute Gasteiger partial charge is 0.495 e. The summed E-state index contributed by atoms with van der Waals surface area (Å²) in [5.41, 5.74) is 0.278. The highest BCUT2D eigenvalue weighted by atomic mass is 32.2. The summed E-state index contributed by atoms with van der Waals surface area (Å²) in [6.07, 6.45) is 1.83. The average Bonchev–Trinajstić information content (AvgIpc) is 2.65. The van der Waals surface area contributed by atoms with E-state index in [9.17, 15) is 19.7 Å². The molecule has 0 aliphatic carbocycles. The van der Waals surface area contributed by atoms with Crippen LogP contribution in [0.15, 0.2) is 47.4 Å². The fourth-order valence-corrected chi connectivity index (χ4v) is 2.70. The smallest absolute Gasteiger partial charge is 0.339 e. The first-order chi connectivity index (χ1) is 12.5. The number of nitro benzene ring substituents is 1. The molecule has 0 bridgehead atoms. The molecule has 0 atom stereocenters. The molecule has 0 aliphatic rings. The van der Waals surface area contributed by atoms with Crippen LogP contribution in [0.4, 0.5) is 11.4 Å². The predicted octanol–water partition coefficient (Wildman–Crippen LogP) is 3.12. The zero-order chi connectivity index (χ0) is 19.1. The van der Waals surface area contributed by atoms with Gasteiger partial charge in [-0.2, -0.15) is 0 Å². The summed E-state index contributed by atoms with van der Waals surface area (Å²) in [4.78, 5) is 35.1. The molecule has 2 aromatic carbocycles. The van der Waals surface area contributed by atoms with Crippen molar-refractivity contribution in [1.29, 1.82) is 0 Å². The fraction of sp³-hybridized carbons (Fsp3) is 0.176. The van der Waals surface area contributed by atoms with E-state index >= 15 is 0 Å². The van der Waals surface area contributed by atoms with E-state index in [0.29, 0.717) is 5.56 Å². The molecule has 1 amide bonds. The van der Waals surface area contributed by atoms with Gasteiger partial charge in [0, 0.05) is 17.0 Å². The van der Waals surface area contributed by atoms with Crippen molar-refractivity contribution in [3.8, 4) is 5.75 Å². The van der Waals surface area contributed by atoms with E-state index in [1.54, 1.807) is 24.3 Å². The fourth-order valence-electron chi connectivity index (χ4n) is 2.12. The van der Waals surface area contributed by atoms with Gasteiger partial charge in [0.15, 0.2) is 6.61 Å². The molecule has 0 saturated heterocycles. The third-order valence-electron chi connectivity index (χ3n) is 3.33. The third kappa shape index (κ3) is 4.73. The first kappa shape index (κ1) is 19.3. The molecule has 0 aromatic heterocycles. The van der Waals surface area contributed by atoms with Gasteiger partial charge in [0.25, 0.3) is 11.6 Å². The van der Waals surface area contributed by atoms with Crippen LogP contribution in [0.5, 0.6) is 5.75 Å². The summed E-state index contributed by atoms with van der Waals surface area (Å²) in [6.45, 7) is -0.534. The van der Waals surface area contributed by atoms with Crippen LogP contribution in [-0.2, 0) is 9.53 Å². The molecule has 8 nitrogen and oxygen atoms in total. The number of carbonyl (C=O) groups is 2. The highest BCUT2D eigenvalue weighted by Gasteiger charge is 2.16. The molecule has 0 saturated carbocycles. The van der Waals surface area contributed by atoms with Gasteiger partial charge in [-0.25, -0.2) is 4.79 Å². The number of hydrogen-bond donors (Lipinski definition) is 1. The third-order valence-corrected chi connectivity index (χ3v) is 4.13. The van der Waals surface area contributed by atoms with Crippen LogP contribution < -0.4 is 10.1 Å². The van der Waals surface area contributed by atoms with Crippen LogP contribution in [0.2, 0.25) is 0 Å². The molecular formula is C17H16N2O6S. The molecule has 0 fully saturated rings. The Hall–Kier alpha value is -3.07. The number of rotatable bonds is 7. The minimum Gasteiger partial charge on any atom is -0.495 e. The lowest BCUT2D eigenvalue weighted by Crippen LogP contribution is -2.21. The molecule has 0 unspecified atom stereocenters. The number of anilines is 1. The van der Waals surface area contributed by atoms with Gasteiger partial charge in [0.05, 0.1) is 23.3 Å². The molecule has 0 heterocycles. The molecule has 0 radical (unpaired) electrons. The average molecular weight is 376 g/mol. The summed E-state index contributed by atoms with van der Waals surface area (Å²) in [6, 6.07) is 10.7. The summed E-state index contributed by atoms with van der Waals surface area (Å²) < 4.78 is 10.1. The Morgan fingerprint density at radius 1 is 1.23 bits per heavy atom. The Balaban J connectivity index is 2.04. The molecule has 1 N–H and O–H groups in total. The Morgan fingerprint density at radius 2 is 1.96 bits per heavy atom. The minimum absolute atomic E-state index is 0.118. The number of thioether (sulfide) groups is 1. The van der Waals surface area contributed by atoms with Crippen molar-refractivity contribution in [2.45, 2.75) is 4.90 Å². The molecule has 136 valence electrons. The number of esters is 1. The number of nitrogens with zero attached hydrogens (tertiary/aromatic N) is 1. The highest BCUT2D eigenvalue weighted by Crippen LogP contribution is 2.28. The second-order valence-corrected chi connectivity index (χ2v) is 5.81. The Bertz CT molecular complexity index is 840. The van der Waals surface area contributed by atoms with Gasteiger partial charge in [-0.05, 0) is 24.5 Å². The molecule has 2 rings (SSSR count). The van der Waals surface area contributed by atoms with Gasteiger partial charge in [-0.15, -0.1) is 11.8 Å². The van der Waals surface area contributed by atoms with Crippen LogP contribution in [-0.4, -0.2) is 36.8 Å². The number of non-ortho nitro benzene ring substituents is 1. The highest BCUT2D eigenvalue weighted by molar-refractivity contribution is 7.98. The molecule has 0 aliphatic heterocycles. The second kappa shape index (κ2) is 8.86. The van der Waals surface area contributed by atoms with Crippen molar-refractivity contribution in [3.05, 3.63) is 58.1 Å². The zero-order valence-electron chi connectivity index (χ0n) is 14.1. The molecule has 9 heteroatoms. The van der Waals surface area contributed by atoms with E-state index in [2.05, 4.69) is 5.32 Å². The van der Waals surface area contributed by atoms with Gasteiger partial charge in [-0.3, -0.25) is 14.9 Å². The lowest BCUT2D eigenvalue weighted by atomic mass is 10.2. The monoisotopic (exact) mass is 376 g/mol. The number of benzene rings is 2. The number of carbonyl (C=O) groups excluding carboxylic acids is 2. The number of amides is 1. The van der Waals surface area contributed by atoms with Gasteiger partial charge >= 0.3 is 5.97 Å². The van der Waals surface area contributed by atoms with Crippen LogP contribution in [0.25, 0.3) is 0 Å². The van der Waals surface area contributed by atoms with E-state index in [-0.39, 0.29) is 17.1 Å². The van der Waals surface area contributed by atoms with Crippen LogP contribution in [0, 0.1) is 10.1 Å². The topological polar surface area (TPSA) is 108 Å². The predicted molar refractivity (Wildman–Crippen MR) is 96.8 cm³/mol. The maximum atomic E-state index is 12.1. The van der Waals surface area contributed by atoms with E-state index in [1.807, 2.05) is 6.26 Å². The number of nitrogens with one attached hydrogen (secondary N) is 1. The van der Waals surface area contributed by atoms with E-state index < -0.39 is 23.4 Å². The number of nitro groups is 1. The van der Waals surface area contributed by atoms with Crippen molar-refractivity contribution in [3.63, 3.8) is 0 Å². The first-order valence-corrected chi connectivity index (χ1v) is 8.61. The quantitative estimate of drug-likeness (QED) is 0.342. The van der Waals surface area contributed by atoms with Gasteiger partial charge in [0.1, 0.15) is 5.75 Å². The Labute approximate surface area is 153 Å². The van der Waals surface area contributed by atoms with Crippen LogP contribution in [0.3, 0.4) is 0 Å². The number of methoxy groups -OCH3 is 1. The van der Waals surface area contributed by atoms with Gasteiger partial charge in [0.2, 0.25) is 0 Å². The summed E-state index contributed by atoms with van der Waals surface area (Å²) in [5, 5.41) is 13.3. The van der Waals surface area contributed by atoms with Crippen molar-refractivity contribution >= 4 is 35.0 Å². The molecule has 26 heavy (non-hydrogen) atoms. The van der Waals surface area contributed by atoms with E-state index in [4.69, 9.17) is 9.47 Å². The van der Waals surface area contributed by atoms with E-state index in [0.717, 1.165) is 4.90 Å². The lowest BCUT2D eigenvalue weighted by molar-refractivity contribution is -0.384. The SMILES string of the molecule is COc1ccc([N+](=O)[O-])cc1NC(=O)COC(=O)c1ccccc1SC.